The van der Waals surface area contributed by atoms with E-state index in [1.807, 2.05) is 0 Å². The first-order valence-corrected chi connectivity index (χ1v) is 6.93. The van der Waals surface area contributed by atoms with E-state index in [1.165, 1.54) is 0 Å². The standard InChI is InChI=1S/C13H17Cl2FN2/c1-3-9-7-18(8(2)6-17-9)10-4-11(14)13(16)12(15)5-10/h4-5,8-9,17H,3,6-7H2,1-2H3. The van der Waals surface area contributed by atoms with E-state index in [0.29, 0.717) is 12.1 Å². The summed E-state index contributed by atoms with van der Waals surface area (Å²) < 4.78 is 13.4. The quantitative estimate of drug-likeness (QED) is 0.836. The molecule has 5 heteroatoms. The van der Waals surface area contributed by atoms with Crippen molar-refractivity contribution < 1.29 is 4.39 Å². The van der Waals surface area contributed by atoms with E-state index in [2.05, 4.69) is 24.1 Å². The number of nitrogens with one attached hydrogen (secondary N) is 1. The van der Waals surface area contributed by atoms with Gasteiger partial charge in [0.2, 0.25) is 0 Å². The first kappa shape index (κ1) is 13.9. The zero-order valence-corrected chi connectivity index (χ0v) is 12.0. The zero-order valence-electron chi connectivity index (χ0n) is 10.5. The Morgan fingerprint density at radius 2 is 2.00 bits per heavy atom. The molecule has 1 saturated heterocycles. The molecule has 2 rings (SSSR count). The number of halogens is 3. The van der Waals surface area contributed by atoms with Crippen molar-refractivity contribution in [1.29, 1.82) is 0 Å². The minimum Gasteiger partial charge on any atom is -0.366 e. The van der Waals surface area contributed by atoms with Gasteiger partial charge in [-0.05, 0) is 25.5 Å². The molecule has 0 aliphatic carbocycles. The maximum Gasteiger partial charge on any atom is 0.160 e. The van der Waals surface area contributed by atoms with E-state index in [1.54, 1.807) is 12.1 Å². The molecular formula is C13H17Cl2FN2. The lowest BCUT2D eigenvalue weighted by atomic mass is 10.1. The van der Waals surface area contributed by atoms with Crippen LogP contribution in [-0.4, -0.2) is 25.2 Å². The van der Waals surface area contributed by atoms with Gasteiger partial charge in [0, 0.05) is 30.9 Å². The fourth-order valence-corrected chi connectivity index (χ4v) is 2.75. The van der Waals surface area contributed by atoms with Gasteiger partial charge < -0.3 is 10.2 Å². The fraction of sp³-hybridized carbons (Fsp3) is 0.538. The van der Waals surface area contributed by atoms with Crippen LogP contribution in [0.4, 0.5) is 10.1 Å². The molecule has 1 N–H and O–H groups in total. The van der Waals surface area contributed by atoms with Crippen LogP contribution in [-0.2, 0) is 0 Å². The number of hydrogen-bond acceptors (Lipinski definition) is 2. The van der Waals surface area contributed by atoms with E-state index >= 15 is 0 Å². The molecule has 1 aromatic carbocycles. The van der Waals surface area contributed by atoms with E-state index in [-0.39, 0.29) is 10.0 Å². The summed E-state index contributed by atoms with van der Waals surface area (Å²) in [5, 5.41) is 3.64. The Morgan fingerprint density at radius 3 is 2.56 bits per heavy atom. The molecule has 0 aromatic heterocycles. The Morgan fingerprint density at radius 1 is 1.39 bits per heavy atom. The SMILES string of the molecule is CCC1CN(c2cc(Cl)c(F)c(Cl)c2)C(C)CN1. The molecule has 1 aliphatic heterocycles. The van der Waals surface area contributed by atoms with Crippen LogP contribution in [0.15, 0.2) is 12.1 Å². The van der Waals surface area contributed by atoms with Crippen LogP contribution < -0.4 is 10.2 Å². The van der Waals surface area contributed by atoms with Gasteiger partial charge >= 0.3 is 0 Å². The number of anilines is 1. The first-order chi connectivity index (χ1) is 8.52. The summed E-state index contributed by atoms with van der Waals surface area (Å²) in [4.78, 5) is 2.22. The van der Waals surface area contributed by atoms with Crippen LogP contribution in [0.2, 0.25) is 10.0 Å². The van der Waals surface area contributed by atoms with Crippen LogP contribution in [0.3, 0.4) is 0 Å². The lowest BCUT2D eigenvalue weighted by Gasteiger charge is -2.40. The van der Waals surface area contributed by atoms with E-state index in [4.69, 9.17) is 23.2 Å². The molecule has 2 nitrogen and oxygen atoms in total. The smallest absolute Gasteiger partial charge is 0.160 e. The van der Waals surface area contributed by atoms with Gasteiger partial charge in [0.1, 0.15) is 0 Å². The third-order valence-corrected chi connectivity index (χ3v) is 3.99. The maximum absolute atomic E-state index is 13.4. The summed E-state index contributed by atoms with van der Waals surface area (Å²) in [6.45, 7) is 6.07. The van der Waals surface area contributed by atoms with Crippen molar-refractivity contribution in [2.75, 3.05) is 18.0 Å². The van der Waals surface area contributed by atoms with Crippen LogP contribution in [0.5, 0.6) is 0 Å². The number of hydrogen-bond donors (Lipinski definition) is 1. The number of piperazine rings is 1. The Labute approximate surface area is 117 Å². The van der Waals surface area contributed by atoms with E-state index < -0.39 is 5.82 Å². The highest BCUT2D eigenvalue weighted by Crippen LogP contribution is 2.31. The average molecular weight is 291 g/mol. The van der Waals surface area contributed by atoms with Crippen molar-refractivity contribution in [3.63, 3.8) is 0 Å². The fourth-order valence-electron chi connectivity index (χ4n) is 2.27. The van der Waals surface area contributed by atoms with Gasteiger partial charge in [-0.15, -0.1) is 0 Å². The summed E-state index contributed by atoms with van der Waals surface area (Å²) in [7, 11) is 0. The molecule has 0 radical (unpaired) electrons. The lowest BCUT2D eigenvalue weighted by Crippen LogP contribution is -2.55. The summed E-state index contributed by atoms with van der Waals surface area (Å²) in [6.07, 6.45) is 1.06. The maximum atomic E-state index is 13.4. The zero-order chi connectivity index (χ0) is 13.3. The lowest BCUT2D eigenvalue weighted by molar-refractivity contribution is 0.397. The van der Waals surface area contributed by atoms with Gasteiger partial charge in [-0.1, -0.05) is 30.1 Å². The molecule has 1 fully saturated rings. The predicted octanol–water partition coefficient (Wildman–Crippen LogP) is 3.71. The van der Waals surface area contributed by atoms with Crippen molar-refractivity contribution in [3.8, 4) is 0 Å². The average Bonchev–Trinajstić information content (AvgIpc) is 2.36. The normalized spacial score (nSPS) is 24.4. The highest BCUT2D eigenvalue weighted by molar-refractivity contribution is 6.35. The molecule has 2 unspecified atom stereocenters. The topological polar surface area (TPSA) is 15.3 Å². The molecule has 1 aromatic rings. The third-order valence-electron chi connectivity index (χ3n) is 3.44. The van der Waals surface area contributed by atoms with Gasteiger partial charge in [-0.2, -0.15) is 0 Å². The van der Waals surface area contributed by atoms with Crippen molar-refractivity contribution in [2.24, 2.45) is 0 Å². The molecule has 100 valence electrons. The third kappa shape index (κ3) is 2.73. The summed E-state index contributed by atoms with van der Waals surface area (Å²) >= 11 is 11.7. The highest BCUT2D eigenvalue weighted by Gasteiger charge is 2.25. The molecule has 18 heavy (non-hydrogen) atoms. The van der Waals surface area contributed by atoms with Crippen LogP contribution in [0, 0.1) is 5.82 Å². The second kappa shape index (κ2) is 5.64. The molecule has 0 spiro atoms. The second-order valence-corrected chi connectivity index (χ2v) is 5.55. The van der Waals surface area contributed by atoms with Crippen molar-refractivity contribution in [1.82, 2.24) is 5.32 Å². The largest absolute Gasteiger partial charge is 0.366 e. The molecule has 0 bridgehead atoms. The number of rotatable bonds is 2. The summed E-state index contributed by atoms with van der Waals surface area (Å²) in [5.41, 5.74) is 0.888. The number of nitrogens with zero attached hydrogens (tertiary/aromatic N) is 1. The molecular weight excluding hydrogens is 274 g/mol. The Bertz CT molecular complexity index is 416. The Hall–Kier alpha value is -0.510. The van der Waals surface area contributed by atoms with Gasteiger partial charge in [0.05, 0.1) is 10.0 Å². The number of benzene rings is 1. The van der Waals surface area contributed by atoms with Gasteiger partial charge in [0.15, 0.2) is 5.82 Å². The molecule has 0 saturated carbocycles. The van der Waals surface area contributed by atoms with Crippen molar-refractivity contribution >= 4 is 28.9 Å². The molecule has 1 aliphatic rings. The van der Waals surface area contributed by atoms with E-state index in [0.717, 1.165) is 25.2 Å². The summed E-state index contributed by atoms with van der Waals surface area (Å²) in [6, 6.07) is 4.09. The first-order valence-electron chi connectivity index (χ1n) is 6.17. The minimum atomic E-state index is -0.545. The minimum absolute atomic E-state index is 0.0799. The summed E-state index contributed by atoms with van der Waals surface area (Å²) in [5.74, 6) is -0.545. The van der Waals surface area contributed by atoms with E-state index in [9.17, 15) is 4.39 Å². The Kier molecular flexibility index (Phi) is 4.36. The van der Waals surface area contributed by atoms with Crippen LogP contribution >= 0.6 is 23.2 Å². The van der Waals surface area contributed by atoms with Crippen molar-refractivity contribution in [2.45, 2.75) is 32.4 Å². The monoisotopic (exact) mass is 290 g/mol. The van der Waals surface area contributed by atoms with Gasteiger partial charge in [-0.3, -0.25) is 0 Å². The second-order valence-electron chi connectivity index (χ2n) is 4.74. The molecule has 1 heterocycles. The predicted molar refractivity (Wildman–Crippen MR) is 75.3 cm³/mol. The molecule has 2 atom stereocenters. The highest BCUT2D eigenvalue weighted by atomic mass is 35.5. The van der Waals surface area contributed by atoms with Gasteiger partial charge in [-0.25, -0.2) is 4.39 Å². The Balaban J connectivity index is 2.29. The molecule has 0 amide bonds. The van der Waals surface area contributed by atoms with Crippen LogP contribution in [0.1, 0.15) is 20.3 Å². The van der Waals surface area contributed by atoms with Crippen LogP contribution in [0.25, 0.3) is 0 Å². The van der Waals surface area contributed by atoms with Crippen molar-refractivity contribution in [3.05, 3.63) is 28.0 Å². The van der Waals surface area contributed by atoms with Gasteiger partial charge in [0.25, 0.3) is 0 Å².